The van der Waals surface area contributed by atoms with Gasteiger partial charge in [-0.05, 0) is 109 Å². The first kappa shape index (κ1) is 28.1. The molecule has 0 bridgehead atoms. The second-order valence-corrected chi connectivity index (χ2v) is 15.4. The Morgan fingerprint density at radius 3 is 2.31 bits per heavy atom. The zero-order valence-electron chi connectivity index (χ0n) is 23.6. The van der Waals surface area contributed by atoms with Gasteiger partial charge in [-0.15, -0.1) is 0 Å². The van der Waals surface area contributed by atoms with Crippen LogP contribution in [0.15, 0.2) is 46.6 Å². The van der Waals surface area contributed by atoms with Gasteiger partial charge in [-0.1, -0.05) is 6.07 Å². The molecule has 3 heterocycles. The van der Waals surface area contributed by atoms with Crippen LogP contribution in [0.1, 0.15) is 67.2 Å². The monoisotopic (exact) mass is 569 g/mol. The highest BCUT2D eigenvalue weighted by molar-refractivity contribution is 7.97. The Bertz CT molecular complexity index is 1470. The molecule has 3 aromatic rings. The summed E-state index contributed by atoms with van der Waals surface area (Å²) in [6.07, 6.45) is 6.29. The molecular weight excluding hydrogens is 530 g/mol. The fourth-order valence-electron chi connectivity index (χ4n) is 4.87. The lowest BCUT2D eigenvalue weighted by molar-refractivity contribution is 0.385. The van der Waals surface area contributed by atoms with Crippen molar-refractivity contribution in [2.24, 2.45) is 5.41 Å². The molecule has 1 aliphatic heterocycles. The van der Waals surface area contributed by atoms with Crippen LogP contribution in [0.5, 0.6) is 0 Å². The summed E-state index contributed by atoms with van der Waals surface area (Å²) in [7, 11) is -3.76. The number of hydrogen-bond donors (Lipinski definition) is 3. The first-order chi connectivity index (χ1) is 18.2. The molecule has 0 unspecified atom stereocenters. The Kier molecular flexibility index (Phi) is 7.32. The maximum absolute atomic E-state index is 13.4. The maximum atomic E-state index is 13.4. The average molecular weight is 570 g/mol. The van der Waals surface area contributed by atoms with Crippen LogP contribution in [0.3, 0.4) is 0 Å². The lowest BCUT2D eigenvalue weighted by atomic mass is 9.93. The predicted molar refractivity (Wildman–Crippen MR) is 159 cm³/mol. The largest absolute Gasteiger partial charge is 0.371 e. The molecule has 1 aromatic carbocycles. The second-order valence-electron chi connectivity index (χ2n) is 12.8. The van der Waals surface area contributed by atoms with Crippen LogP contribution in [-0.2, 0) is 10.0 Å². The Morgan fingerprint density at radius 1 is 0.949 bits per heavy atom. The molecular formula is C28H39N7O2S2. The van der Waals surface area contributed by atoms with Crippen molar-refractivity contribution < 1.29 is 8.42 Å². The average Bonchev–Trinajstić information content (AvgIpc) is 3.60. The van der Waals surface area contributed by atoms with E-state index in [4.69, 9.17) is 4.98 Å². The van der Waals surface area contributed by atoms with Crippen molar-refractivity contribution in [2.75, 3.05) is 23.3 Å². The van der Waals surface area contributed by atoms with E-state index in [1.165, 1.54) is 31.1 Å². The molecule has 2 fully saturated rings. The highest BCUT2D eigenvalue weighted by Crippen LogP contribution is 2.54. The number of nitrogens with zero attached hydrogens (tertiary/aromatic N) is 4. The number of benzene rings is 1. The minimum absolute atomic E-state index is 0.0546. The van der Waals surface area contributed by atoms with E-state index in [0.717, 1.165) is 42.0 Å². The molecule has 11 heteroatoms. The van der Waals surface area contributed by atoms with Crippen molar-refractivity contribution in [3.63, 3.8) is 0 Å². The van der Waals surface area contributed by atoms with Gasteiger partial charge in [0, 0.05) is 24.2 Å². The van der Waals surface area contributed by atoms with E-state index in [1.54, 1.807) is 12.1 Å². The van der Waals surface area contributed by atoms with E-state index in [9.17, 15) is 8.42 Å². The smallest absolute Gasteiger partial charge is 0.241 e. The predicted octanol–water partition coefficient (Wildman–Crippen LogP) is 5.62. The molecule has 210 valence electrons. The fourth-order valence-corrected chi connectivity index (χ4v) is 7.03. The number of sulfonamides is 1. The molecule has 1 spiro atoms. The summed E-state index contributed by atoms with van der Waals surface area (Å²) < 4.78 is 32.9. The quantitative estimate of drug-likeness (QED) is 0.312. The Labute approximate surface area is 236 Å². The standard InChI is InChI=1S/C28H39N7O2S2/c1-26(2,3)33-38-23-9-7-8-22(31-23)32-25-24-20(29-18-30-25)16-19(39(36,37)34-27(4,5)6)17-21(24)35-14-12-28(10-11-28)13-15-35/h7-9,16-18,33-34H,10-15H2,1-6H3,(H,29,30,31,32). The number of pyridine rings is 1. The van der Waals surface area contributed by atoms with Crippen LogP contribution < -0.4 is 19.7 Å². The molecule has 0 amide bonds. The van der Waals surface area contributed by atoms with E-state index in [0.29, 0.717) is 22.6 Å². The van der Waals surface area contributed by atoms with Crippen molar-refractivity contribution in [1.29, 1.82) is 0 Å². The first-order valence-electron chi connectivity index (χ1n) is 13.5. The lowest BCUT2D eigenvalue weighted by Gasteiger charge is -2.35. The van der Waals surface area contributed by atoms with E-state index in [-0.39, 0.29) is 10.4 Å². The van der Waals surface area contributed by atoms with Gasteiger partial charge in [0.25, 0.3) is 0 Å². The van der Waals surface area contributed by atoms with Gasteiger partial charge < -0.3 is 10.2 Å². The topological polar surface area (TPSA) is 112 Å². The summed E-state index contributed by atoms with van der Waals surface area (Å²) in [6, 6.07) is 9.23. The van der Waals surface area contributed by atoms with Gasteiger partial charge in [0.15, 0.2) is 0 Å². The molecule has 1 aliphatic carbocycles. The summed E-state index contributed by atoms with van der Waals surface area (Å²) >= 11 is 1.48. The third-order valence-electron chi connectivity index (χ3n) is 7.00. The minimum atomic E-state index is -3.76. The molecule has 1 saturated heterocycles. The summed E-state index contributed by atoms with van der Waals surface area (Å²) in [6.45, 7) is 13.6. The lowest BCUT2D eigenvalue weighted by Crippen LogP contribution is -2.40. The van der Waals surface area contributed by atoms with Crippen molar-refractivity contribution in [3.8, 4) is 0 Å². The van der Waals surface area contributed by atoms with Gasteiger partial charge in [-0.2, -0.15) is 0 Å². The Balaban J connectivity index is 1.55. The Morgan fingerprint density at radius 2 is 1.67 bits per heavy atom. The van der Waals surface area contributed by atoms with Gasteiger partial charge in [-0.25, -0.2) is 28.1 Å². The van der Waals surface area contributed by atoms with Crippen LogP contribution >= 0.6 is 11.9 Å². The van der Waals surface area contributed by atoms with Gasteiger partial charge in [0.1, 0.15) is 23.0 Å². The summed E-state index contributed by atoms with van der Waals surface area (Å²) in [5.41, 5.74) is 1.24. The number of nitrogens with one attached hydrogen (secondary N) is 3. The summed E-state index contributed by atoms with van der Waals surface area (Å²) in [4.78, 5) is 16.4. The van der Waals surface area contributed by atoms with Crippen LogP contribution in [0.4, 0.5) is 17.3 Å². The Hall–Kier alpha value is -2.47. The SMILES string of the molecule is CC(C)(C)NSc1cccc(Nc2ncnc3cc(S(=O)(=O)NC(C)(C)C)cc(N4CCC5(CC4)CC5)c23)n1. The summed E-state index contributed by atoms with van der Waals surface area (Å²) in [5, 5.41) is 5.03. The van der Waals surface area contributed by atoms with Gasteiger partial charge >= 0.3 is 0 Å². The van der Waals surface area contributed by atoms with E-state index >= 15 is 0 Å². The van der Waals surface area contributed by atoms with Crippen LogP contribution in [0.2, 0.25) is 0 Å². The number of fused-ring (bicyclic) bond motifs is 1. The zero-order chi connectivity index (χ0) is 28.1. The first-order valence-corrected chi connectivity index (χ1v) is 15.8. The zero-order valence-corrected chi connectivity index (χ0v) is 25.3. The second kappa shape index (κ2) is 10.2. The number of anilines is 3. The molecule has 0 atom stereocenters. The molecule has 3 N–H and O–H groups in total. The maximum Gasteiger partial charge on any atom is 0.241 e. The number of hydrogen-bond acceptors (Lipinski definition) is 9. The fraction of sp³-hybridized carbons (Fsp3) is 0.536. The normalized spacial score (nSPS) is 17.5. The van der Waals surface area contributed by atoms with Crippen molar-refractivity contribution in [1.82, 2.24) is 24.4 Å². The van der Waals surface area contributed by atoms with E-state index in [1.807, 2.05) is 39.0 Å². The highest BCUT2D eigenvalue weighted by Gasteiger charge is 2.44. The molecule has 2 aliphatic rings. The molecule has 5 rings (SSSR count). The molecule has 2 aromatic heterocycles. The molecule has 9 nitrogen and oxygen atoms in total. The van der Waals surface area contributed by atoms with Crippen LogP contribution in [0.25, 0.3) is 10.9 Å². The van der Waals surface area contributed by atoms with Crippen LogP contribution in [-0.4, -0.2) is 47.5 Å². The van der Waals surface area contributed by atoms with Crippen molar-refractivity contribution in [3.05, 3.63) is 36.7 Å². The molecule has 39 heavy (non-hydrogen) atoms. The number of piperidine rings is 1. The van der Waals surface area contributed by atoms with E-state index < -0.39 is 15.6 Å². The highest BCUT2D eigenvalue weighted by atomic mass is 32.2. The third kappa shape index (κ3) is 6.82. The van der Waals surface area contributed by atoms with E-state index in [2.05, 4.69) is 50.4 Å². The minimum Gasteiger partial charge on any atom is -0.371 e. The van der Waals surface area contributed by atoms with Gasteiger partial charge in [0.05, 0.1) is 21.5 Å². The van der Waals surface area contributed by atoms with Crippen LogP contribution in [0, 0.1) is 5.41 Å². The summed E-state index contributed by atoms with van der Waals surface area (Å²) in [5.74, 6) is 1.26. The van der Waals surface area contributed by atoms with Crippen molar-refractivity contribution >= 4 is 50.2 Å². The van der Waals surface area contributed by atoms with Gasteiger partial charge in [0.2, 0.25) is 10.0 Å². The molecule has 1 saturated carbocycles. The number of aromatic nitrogens is 3. The molecule has 0 radical (unpaired) electrons. The van der Waals surface area contributed by atoms with Gasteiger partial charge in [-0.3, -0.25) is 4.72 Å². The third-order valence-corrected chi connectivity index (χ3v) is 9.88. The van der Waals surface area contributed by atoms with Crippen molar-refractivity contribution in [2.45, 2.75) is 88.2 Å². The number of rotatable bonds is 7.